The lowest BCUT2D eigenvalue weighted by Gasteiger charge is -2.22. The normalized spacial score (nSPS) is 12.7. The standard InChI is InChI=1S/C24H34N4O9S2/c1-4-27(11-6-9-21(19-25)23(29)36-15-17-38(3,31)32)13-8-14-28(5-2)12-7-10-22(20-26)24(30)37-16-18-39(33,34)35/h6-7,9-12H,4-5,8,13-18H2,1-3H3,(H,33,34,35)/b11-6+,12-7+,21-9+,22-10+. The molecule has 0 saturated heterocycles. The second kappa shape index (κ2) is 18.6. The maximum atomic E-state index is 11.9. The maximum Gasteiger partial charge on any atom is 0.348 e. The summed E-state index contributed by atoms with van der Waals surface area (Å²) in [5, 5.41) is 18.3. The Bertz CT molecular complexity index is 1140. The number of carbonyl (C=O) groups is 2. The van der Waals surface area contributed by atoms with Crippen LogP contribution in [0.1, 0.15) is 20.3 Å². The highest BCUT2D eigenvalue weighted by molar-refractivity contribution is 7.90. The van der Waals surface area contributed by atoms with Crippen molar-refractivity contribution in [3.8, 4) is 12.1 Å². The number of rotatable bonds is 18. The Kier molecular flexibility index (Phi) is 16.8. The van der Waals surface area contributed by atoms with Gasteiger partial charge in [0.15, 0.2) is 9.84 Å². The second-order valence-electron chi connectivity index (χ2n) is 7.87. The number of ether oxygens (including phenoxy) is 2. The fourth-order valence-corrected chi connectivity index (χ4v) is 3.34. The van der Waals surface area contributed by atoms with Gasteiger partial charge in [-0.25, -0.2) is 18.0 Å². The lowest BCUT2D eigenvalue weighted by Crippen LogP contribution is -2.24. The predicted octanol–water partition coefficient (Wildman–Crippen LogP) is 0.966. The van der Waals surface area contributed by atoms with Crippen LogP contribution in [-0.2, 0) is 39.0 Å². The number of nitriles is 2. The van der Waals surface area contributed by atoms with Crippen molar-refractivity contribution in [3.63, 3.8) is 0 Å². The zero-order chi connectivity index (χ0) is 29.9. The third-order valence-corrected chi connectivity index (χ3v) is 6.36. The van der Waals surface area contributed by atoms with E-state index in [4.69, 9.17) is 19.8 Å². The molecule has 13 nitrogen and oxygen atoms in total. The lowest BCUT2D eigenvalue weighted by molar-refractivity contribution is -0.138. The van der Waals surface area contributed by atoms with E-state index in [1.807, 2.05) is 23.6 Å². The summed E-state index contributed by atoms with van der Waals surface area (Å²) in [6.07, 6.45) is 10.7. The Hall–Kier alpha value is -3.66. The highest BCUT2D eigenvalue weighted by atomic mass is 32.2. The summed E-state index contributed by atoms with van der Waals surface area (Å²) < 4.78 is 61.7. The van der Waals surface area contributed by atoms with E-state index in [0.29, 0.717) is 26.2 Å². The van der Waals surface area contributed by atoms with Gasteiger partial charge in [-0.05, 0) is 57.0 Å². The van der Waals surface area contributed by atoms with Crippen LogP contribution in [0.3, 0.4) is 0 Å². The van der Waals surface area contributed by atoms with E-state index in [2.05, 4.69) is 4.74 Å². The van der Waals surface area contributed by atoms with Crippen LogP contribution in [-0.4, -0.2) is 100 Å². The van der Waals surface area contributed by atoms with Gasteiger partial charge in [0.1, 0.15) is 42.3 Å². The predicted molar refractivity (Wildman–Crippen MR) is 143 cm³/mol. The highest BCUT2D eigenvalue weighted by Crippen LogP contribution is 2.03. The minimum Gasteiger partial charge on any atom is -0.460 e. The molecule has 0 saturated carbocycles. The molecule has 1 N–H and O–H groups in total. The van der Waals surface area contributed by atoms with E-state index in [1.54, 1.807) is 24.5 Å². The minimum atomic E-state index is -4.28. The molecule has 0 heterocycles. The van der Waals surface area contributed by atoms with Gasteiger partial charge in [0.05, 0.1) is 5.75 Å². The van der Waals surface area contributed by atoms with Crippen LogP contribution in [0.15, 0.2) is 47.9 Å². The van der Waals surface area contributed by atoms with Crippen molar-refractivity contribution in [3.05, 3.63) is 47.9 Å². The van der Waals surface area contributed by atoms with Crippen LogP contribution in [0.5, 0.6) is 0 Å². The van der Waals surface area contributed by atoms with Gasteiger partial charge in [-0.1, -0.05) is 0 Å². The topological polar surface area (TPSA) is 195 Å². The number of nitrogens with zero attached hydrogens (tertiary/aromatic N) is 4. The van der Waals surface area contributed by atoms with Gasteiger partial charge in [-0.2, -0.15) is 18.9 Å². The zero-order valence-electron chi connectivity index (χ0n) is 22.1. The Balaban J connectivity index is 4.86. The van der Waals surface area contributed by atoms with Gasteiger partial charge in [-0.15, -0.1) is 0 Å². The molecule has 0 aromatic heterocycles. The summed E-state index contributed by atoms with van der Waals surface area (Å²) in [6.45, 7) is 5.52. The van der Waals surface area contributed by atoms with Crippen molar-refractivity contribution >= 4 is 31.9 Å². The number of carbonyl (C=O) groups excluding carboxylic acids is 2. The second-order valence-corrected chi connectivity index (χ2v) is 11.7. The SMILES string of the molecule is CCN(/C=C/C=C(\C#N)C(=O)OCCS(C)(=O)=O)CCCN(/C=C/C=C(\C#N)C(=O)OCCS(=O)(=O)O)CC. The molecular formula is C24H34N4O9S2. The molecule has 0 aliphatic rings. The van der Waals surface area contributed by atoms with E-state index < -0.39 is 44.3 Å². The van der Waals surface area contributed by atoms with E-state index in [1.165, 1.54) is 24.3 Å². The Morgan fingerprint density at radius 1 is 0.821 bits per heavy atom. The molecule has 0 spiro atoms. The molecule has 0 radical (unpaired) electrons. The van der Waals surface area contributed by atoms with E-state index in [-0.39, 0.29) is 23.5 Å². The highest BCUT2D eigenvalue weighted by Gasteiger charge is 2.13. The third kappa shape index (κ3) is 18.3. The van der Waals surface area contributed by atoms with Crippen LogP contribution < -0.4 is 0 Å². The number of sulfone groups is 1. The first-order chi connectivity index (χ1) is 18.3. The molecule has 0 aromatic rings. The Morgan fingerprint density at radius 3 is 1.56 bits per heavy atom. The zero-order valence-corrected chi connectivity index (χ0v) is 23.8. The molecule has 0 rings (SSSR count). The first-order valence-corrected chi connectivity index (χ1v) is 15.5. The summed E-state index contributed by atoms with van der Waals surface area (Å²) in [7, 11) is -7.57. The molecule has 0 bridgehead atoms. The van der Waals surface area contributed by atoms with Crippen LogP contribution in [0.25, 0.3) is 0 Å². The Labute approximate surface area is 229 Å². The van der Waals surface area contributed by atoms with Crippen molar-refractivity contribution in [2.24, 2.45) is 0 Å². The van der Waals surface area contributed by atoms with Gasteiger partial charge in [0, 0.05) is 32.4 Å². The first kappa shape index (κ1) is 35.3. The van der Waals surface area contributed by atoms with Crippen molar-refractivity contribution in [1.29, 1.82) is 10.5 Å². The van der Waals surface area contributed by atoms with Crippen LogP contribution >= 0.6 is 0 Å². The smallest absolute Gasteiger partial charge is 0.348 e. The first-order valence-electron chi connectivity index (χ1n) is 11.8. The number of allylic oxidation sites excluding steroid dienone is 4. The van der Waals surface area contributed by atoms with E-state index >= 15 is 0 Å². The maximum absolute atomic E-state index is 11.9. The van der Waals surface area contributed by atoms with Crippen molar-refractivity contribution in [2.75, 3.05) is 57.2 Å². The molecule has 216 valence electrons. The van der Waals surface area contributed by atoms with Gasteiger partial charge >= 0.3 is 11.9 Å². The molecule has 0 aliphatic carbocycles. The van der Waals surface area contributed by atoms with Gasteiger partial charge in [0.25, 0.3) is 10.1 Å². The van der Waals surface area contributed by atoms with Gasteiger partial charge in [0.2, 0.25) is 0 Å². The summed E-state index contributed by atoms with van der Waals surface area (Å²) in [6, 6.07) is 3.40. The van der Waals surface area contributed by atoms with Crippen LogP contribution in [0, 0.1) is 22.7 Å². The molecule has 0 fully saturated rings. The van der Waals surface area contributed by atoms with Crippen LogP contribution in [0.2, 0.25) is 0 Å². The molecule has 15 heteroatoms. The molecule has 39 heavy (non-hydrogen) atoms. The molecule has 0 amide bonds. The number of hydrogen-bond acceptors (Lipinski definition) is 12. The molecule has 0 aliphatic heterocycles. The number of esters is 2. The van der Waals surface area contributed by atoms with Gasteiger partial charge in [-0.3, -0.25) is 4.55 Å². The summed E-state index contributed by atoms with van der Waals surface area (Å²) in [5.41, 5.74) is -0.589. The van der Waals surface area contributed by atoms with Crippen molar-refractivity contribution in [2.45, 2.75) is 20.3 Å². The quantitative estimate of drug-likeness (QED) is 0.0785. The average Bonchev–Trinajstić information content (AvgIpc) is 2.85. The van der Waals surface area contributed by atoms with Crippen molar-refractivity contribution < 1.29 is 40.5 Å². The molecule has 0 atom stereocenters. The average molecular weight is 587 g/mol. The van der Waals surface area contributed by atoms with E-state index in [0.717, 1.165) is 12.7 Å². The fraction of sp³-hybridized carbons (Fsp3) is 0.500. The summed E-state index contributed by atoms with van der Waals surface area (Å²) in [5.74, 6) is -3.01. The monoisotopic (exact) mass is 586 g/mol. The largest absolute Gasteiger partial charge is 0.460 e. The summed E-state index contributed by atoms with van der Waals surface area (Å²) in [4.78, 5) is 27.6. The van der Waals surface area contributed by atoms with Gasteiger partial charge < -0.3 is 19.3 Å². The van der Waals surface area contributed by atoms with E-state index in [9.17, 15) is 26.4 Å². The minimum absolute atomic E-state index is 0.259. The Morgan fingerprint density at radius 2 is 1.23 bits per heavy atom. The molecule has 0 unspecified atom stereocenters. The van der Waals surface area contributed by atoms with Crippen molar-refractivity contribution in [1.82, 2.24) is 9.80 Å². The number of hydrogen-bond donors (Lipinski definition) is 1. The fourth-order valence-electron chi connectivity index (χ4n) is 2.66. The summed E-state index contributed by atoms with van der Waals surface area (Å²) >= 11 is 0. The third-order valence-electron chi connectivity index (χ3n) is 4.77. The molecule has 0 aromatic carbocycles. The lowest BCUT2D eigenvalue weighted by atomic mass is 10.2. The molecular weight excluding hydrogens is 552 g/mol. The van der Waals surface area contributed by atoms with Crippen LogP contribution in [0.4, 0.5) is 0 Å².